The van der Waals surface area contributed by atoms with E-state index in [1.165, 1.54) is 9.80 Å². The summed E-state index contributed by atoms with van der Waals surface area (Å²) in [7, 11) is 0. The molecular formula is C40H46N2O6Sn. The molecule has 0 atom stereocenters. The van der Waals surface area contributed by atoms with Crippen molar-refractivity contribution in [3.05, 3.63) is 108 Å². The fourth-order valence-corrected chi connectivity index (χ4v) is 14.4. The van der Waals surface area contributed by atoms with Gasteiger partial charge in [-0.15, -0.1) is 0 Å². The first-order chi connectivity index (χ1) is 23.4. The Balaban J connectivity index is 2.32. The minimum absolute atomic E-state index is 0.213. The van der Waals surface area contributed by atoms with Crippen LogP contribution < -0.4 is 9.80 Å². The van der Waals surface area contributed by atoms with Crippen LogP contribution in [0.15, 0.2) is 97.1 Å². The third kappa shape index (κ3) is 13.7. The molecule has 0 saturated carbocycles. The van der Waals surface area contributed by atoms with Gasteiger partial charge in [-0.1, -0.05) is 0 Å². The summed E-state index contributed by atoms with van der Waals surface area (Å²) in [5, 5.41) is 0. The van der Waals surface area contributed by atoms with E-state index in [-0.39, 0.29) is 13.1 Å². The normalized spacial score (nSPS) is 11.0. The Bertz CT molecular complexity index is 1550. The van der Waals surface area contributed by atoms with Gasteiger partial charge in [-0.25, -0.2) is 0 Å². The van der Waals surface area contributed by atoms with Gasteiger partial charge in [0.25, 0.3) is 0 Å². The molecule has 49 heavy (non-hydrogen) atoms. The Morgan fingerprint density at radius 1 is 0.714 bits per heavy atom. The summed E-state index contributed by atoms with van der Waals surface area (Å²) in [6.07, 6.45) is 18.4. The summed E-state index contributed by atoms with van der Waals surface area (Å²) in [4.78, 5) is 56.0. The fourth-order valence-electron chi connectivity index (χ4n) is 4.80. The average Bonchev–Trinajstić information content (AvgIpc) is 3.08. The maximum absolute atomic E-state index is 13.3. The van der Waals surface area contributed by atoms with Crippen molar-refractivity contribution in [1.29, 1.82) is 0 Å². The van der Waals surface area contributed by atoms with Crippen molar-refractivity contribution in [2.75, 3.05) is 22.9 Å². The molecule has 2 aromatic carbocycles. The van der Waals surface area contributed by atoms with Crippen molar-refractivity contribution < 1.29 is 25.3 Å². The zero-order valence-electron chi connectivity index (χ0n) is 29.0. The molecule has 0 N–H and O–H groups in total. The summed E-state index contributed by atoms with van der Waals surface area (Å²) in [5.74, 6) is 2.64. The SMILES string of the molecule is C#Cc1cccc(N(CC(=C)C)C(=O)/C=C\C(=O)[O][Sn]([CH2]CCC)([CH2]CCC)[O]C(=O)/C=C\C(=O)N(CC(=C)C)c2cccc(C#C)c2)c1. The second-order valence-electron chi connectivity index (χ2n) is 11.8. The van der Waals surface area contributed by atoms with E-state index in [1.807, 2.05) is 13.8 Å². The van der Waals surface area contributed by atoms with E-state index < -0.39 is 43.0 Å². The van der Waals surface area contributed by atoms with Gasteiger partial charge in [-0.2, -0.15) is 0 Å². The third-order valence-corrected chi connectivity index (χ3v) is 16.8. The fraction of sp³-hybridized carbons (Fsp3) is 0.300. The Kier molecular flexibility index (Phi) is 16.9. The van der Waals surface area contributed by atoms with E-state index in [4.69, 9.17) is 19.0 Å². The Hall–Kier alpha value is -4.80. The van der Waals surface area contributed by atoms with E-state index in [9.17, 15) is 19.2 Å². The number of terminal acetylenes is 2. The average molecular weight is 770 g/mol. The number of hydrogen-bond donors (Lipinski definition) is 0. The second-order valence-corrected chi connectivity index (χ2v) is 21.0. The molecule has 0 aliphatic carbocycles. The topological polar surface area (TPSA) is 93.2 Å². The maximum atomic E-state index is 13.3. The molecular weight excluding hydrogens is 723 g/mol. The van der Waals surface area contributed by atoms with Crippen molar-refractivity contribution >= 4 is 54.3 Å². The van der Waals surface area contributed by atoms with Gasteiger partial charge in [0.15, 0.2) is 0 Å². The molecule has 8 nitrogen and oxygen atoms in total. The van der Waals surface area contributed by atoms with Gasteiger partial charge >= 0.3 is 298 Å². The summed E-state index contributed by atoms with van der Waals surface area (Å²) in [6.45, 7) is 15.8. The second kappa shape index (κ2) is 20.5. The summed E-state index contributed by atoms with van der Waals surface area (Å²) >= 11 is -4.45. The Morgan fingerprint density at radius 2 is 1.10 bits per heavy atom. The molecule has 0 unspecified atom stereocenters. The molecule has 0 aromatic heterocycles. The Morgan fingerprint density at radius 3 is 1.43 bits per heavy atom. The number of benzene rings is 2. The van der Waals surface area contributed by atoms with Gasteiger partial charge in [0.05, 0.1) is 0 Å². The molecule has 0 spiro atoms. The van der Waals surface area contributed by atoms with Gasteiger partial charge in [0.2, 0.25) is 0 Å². The zero-order valence-corrected chi connectivity index (χ0v) is 31.9. The monoisotopic (exact) mass is 770 g/mol. The molecule has 256 valence electrons. The molecule has 0 saturated heterocycles. The number of carbonyl (C=O) groups excluding carboxylic acids is 4. The van der Waals surface area contributed by atoms with E-state index in [1.54, 1.807) is 62.4 Å². The van der Waals surface area contributed by atoms with Gasteiger partial charge in [0, 0.05) is 0 Å². The van der Waals surface area contributed by atoms with Gasteiger partial charge in [0.1, 0.15) is 0 Å². The number of rotatable bonds is 18. The standard InChI is InChI=1S/2C16H15NO3.2C4H9.Sn/c2*1-4-13-6-5-7-14(10-13)17(11-12(2)3)15(18)8-9-16(19)20;2*1-3-4-2;/h2*1,5-10H,2,11H2,3H3,(H,19,20);2*1,3-4H2,2H3;/q;;;;+2/p-2/b2*9-8-;;;. The summed E-state index contributed by atoms with van der Waals surface area (Å²) < 4.78 is 12.9. The van der Waals surface area contributed by atoms with Crippen molar-refractivity contribution in [2.45, 2.75) is 62.3 Å². The van der Waals surface area contributed by atoms with Crippen LogP contribution in [-0.2, 0) is 25.3 Å². The van der Waals surface area contributed by atoms with Crippen LogP contribution in [0.1, 0.15) is 64.5 Å². The molecule has 0 aliphatic heterocycles. The van der Waals surface area contributed by atoms with Gasteiger partial charge < -0.3 is 0 Å². The van der Waals surface area contributed by atoms with E-state index in [0.717, 1.165) is 48.3 Å². The van der Waals surface area contributed by atoms with Crippen molar-refractivity contribution in [2.24, 2.45) is 0 Å². The van der Waals surface area contributed by atoms with Crippen LogP contribution in [0, 0.1) is 24.7 Å². The molecule has 2 aromatic rings. The first-order valence-electron chi connectivity index (χ1n) is 16.2. The third-order valence-electron chi connectivity index (χ3n) is 7.16. The van der Waals surface area contributed by atoms with Crippen LogP contribution in [0.3, 0.4) is 0 Å². The summed E-state index contributed by atoms with van der Waals surface area (Å²) in [6, 6.07) is 13.9. The van der Waals surface area contributed by atoms with Crippen molar-refractivity contribution in [3.8, 4) is 24.7 Å². The predicted molar refractivity (Wildman–Crippen MR) is 199 cm³/mol. The predicted octanol–water partition coefficient (Wildman–Crippen LogP) is 7.41. The zero-order chi connectivity index (χ0) is 36.4. The first kappa shape index (κ1) is 40.4. The molecule has 0 heterocycles. The van der Waals surface area contributed by atoms with Gasteiger partial charge in [-0.05, 0) is 0 Å². The number of anilines is 2. The minimum atomic E-state index is -4.45. The van der Waals surface area contributed by atoms with E-state index in [2.05, 4.69) is 25.0 Å². The van der Waals surface area contributed by atoms with Gasteiger partial charge in [-0.3, -0.25) is 0 Å². The van der Waals surface area contributed by atoms with Crippen molar-refractivity contribution in [1.82, 2.24) is 0 Å². The van der Waals surface area contributed by atoms with Crippen LogP contribution in [0.2, 0.25) is 8.87 Å². The van der Waals surface area contributed by atoms with Crippen LogP contribution in [0.4, 0.5) is 11.4 Å². The molecule has 2 amide bonds. The number of unbranched alkanes of at least 4 members (excludes halogenated alkanes) is 2. The van der Waals surface area contributed by atoms with E-state index in [0.29, 0.717) is 44.2 Å². The first-order valence-corrected chi connectivity index (χ1v) is 22.6. The number of amides is 2. The number of nitrogens with zero attached hydrogens (tertiary/aromatic N) is 2. The molecule has 9 heteroatoms. The van der Waals surface area contributed by atoms with Crippen LogP contribution in [0.5, 0.6) is 0 Å². The number of carbonyl (C=O) groups is 4. The molecule has 0 bridgehead atoms. The summed E-state index contributed by atoms with van der Waals surface area (Å²) in [5.41, 5.74) is 3.78. The molecule has 2 rings (SSSR count). The van der Waals surface area contributed by atoms with Crippen LogP contribution >= 0.6 is 0 Å². The van der Waals surface area contributed by atoms with Crippen molar-refractivity contribution in [3.63, 3.8) is 0 Å². The van der Waals surface area contributed by atoms with E-state index >= 15 is 0 Å². The van der Waals surface area contributed by atoms with Crippen LogP contribution in [0.25, 0.3) is 0 Å². The Labute approximate surface area is 296 Å². The quantitative estimate of drug-likeness (QED) is 0.0679. The molecule has 0 radical (unpaired) electrons. The molecule has 0 fully saturated rings. The van der Waals surface area contributed by atoms with Crippen LogP contribution in [-0.4, -0.2) is 56.0 Å². The molecule has 0 aliphatic rings. The number of hydrogen-bond acceptors (Lipinski definition) is 6.